The summed E-state index contributed by atoms with van der Waals surface area (Å²) in [5.41, 5.74) is 0. The first kappa shape index (κ1) is 14.3. The molecule has 1 heterocycles. The van der Waals surface area contributed by atoms with Crippen molar-refractivity contribution in [1.29, 1.82) is 0 Å². The van der Waals surface area contributed by atoms with Gasteiger partial charge in [0.05, 0.1) is 6.61 Å². The minimum Gasteiger partial charge on any atom is -0.383 e. The van der Waals surface area contributed by atoms with Gasteiger partial charge in [-0.2, -0.15) is 11.8 Å². The Kier molecular flexibility index (Phi) is 6.73. The van der Waals surface area contributed by atoms with E-state index in [1.807, 2.05) is 0 Å². The van der Waals surface area contributed by atoms with Gasteiger partial charge in [-0.15, -0.1) is 0 Å². The quantitative estimate of drug-likeness (QED) is 0.655. The number of thioether (sulfide) groups is 1. The third kappa shape index (κ3) is 5.53. The zero-order chi connectivity index (χ0) is 11.9. The highest BCUT2D eigenvalue weighted by Crippen LogP contribution is 2.37. The summed E-state index contributed by atoms with van der Waals surface area (Å²) in [6, 6.07) is 0. The minimum atomic E-state index is 0.501. The van der Waals surface area contributed by atoms with Gasteiger partial charge in [-0.25, -0.2) is 0 Å². The lowest BCUT2D eigenvalue weighted by Crippen LogP contribution is -2.38. The van der Waals surface area contributed by atoms with E-state index in [-0.39, 0.29) is 0 Å². The maximum atomic E-state index is 4.99. The molecule has 1 aliphatic heterocycles. The number of ether oxygens (including phenoxy) is 1. The molecule has 0 aromatic carbocycles. The Balaban J connectivity index is 2.04. The Morgan fingerprint density at radius 3 is 2.88 bits per heavy atom. The van der Waals surface area contributed by atoms with Crippen molar-refractivity contribution in [2.24, 2.45) is 0 Å². The van der Waals surface area contributed by atoms with Crippen molar-refractivity contribution < 1.29 is 4.74 Å². The molecule has 1 aliphatic rings. The Labute approximate surface area is 104 Å². The first-order chi connectivity index (χ1) is 7.66. The van der Waals surface area contributed by atoms with Gasteiger partial charge in [0.25, 0.3) is 0 Å². The number of methoxy groups -OCH3 is 1. The molecule has 0 spiro atoms. The highest BCUT2D eigenvalue weighted by molar-refractivity contribution is 8.00. The summed E-state index contributed by atoms with van der Waals surface area (Å²) in [5.74, 6) is 1.34. The molecule has 0 amide bonds. The summed E-state index contributed by atoms with van der Waals surface area (Å²) >= 11 is 2.14. The summed E-state index contributed by atoms with van der Waals surface area (Å²) in [6.45, 7) is 7.55. The van der Waals surface area contributed by atoms with Crippen LogP contribution in [0, 0.1) is 0 Å². The monoisotopic (exact) mass is 246 g/mol. The van der Waals surface area contributed by atoms with Gasteiger partial charge in [0.1, 0.15) is 0 Å². The molecule has 16 heavy (non-hydrogen) atoms. The zero-order valence-corrected chi connectivity index (χ0v) is 11.7. The topological polar surface area (TPSA) is 24.5 Å². The fraction of sp³-hybridized carbons (Fsp3) is 1.00. The smallest absolute Gasteiger partial charge is 0.0587 e. The zero-order valence-electron chi connectivity index (χ0n) is 10.9. The van der Waals surface area contributed by atoms with E-state index in [9.17, 15) is 0 Å². The predicted octanol–water partition coefficient (Wildman–Crippen LogP) is 1.44. The summed E-state index contributed by atoms with van der Waals surface area (Å²) < 4.78 is 5.49. The van der Waals surface area contributed by atoms with Crippen molar-refractivity contribution >= 4 is 11.8 Å². The molecule has 0 bridgehead atoms. The van der Waals surface area contributed by atoms with Crippen molar-refractivity contribution in [1.82, 2.24) is 10.2 Å². The third-order valence-electron chi connectivity index (χ3n) is 3.06. The highest BCUT2D eigenvalue weighted by Gasteiger charge is 2.30. The first-order valence-corrected chi connectivity index (χ1v) is 7.17. The molecular formula is C12H26N2OS. The molecule has 0 aromatic rings. The van der Waals surface area contributed by atoms with Crippen molar-refractivity contribution in [2.75, 3.05) is 52.7 Å². The minimum absolute atomic E-state index is 0.501. The third-order valence-corrected chi connectivity index (χ3v) is 4.58. The molecule has 0 radical (unpaired) electrons. The van der Waals surface area contributed by atoms with Crippen LogP contribution in [-0.2, 0) is 4.74 Å². The van der Waals surface area contributed by atoms with Gasteiger partial charge in [-0.05, 0) is 32.6 Å². The highest BCUT2D eigenvalue weighted by atomic mass is 32.2. The Hall–Kier alpha value is 0.230. The Morgan fingerprint density at radius 1 is 1.44 bits per heavy atom. The molecular weight excluding hydrogens is 220 g/mol. The molecule has 1 atom stereocenters. The fourth-order valence-electron chi connectivity index (χ4n) is 2.18. The van der Waals surface area contributed by atoms with Crippen LogP contribution >= 0.6 is 11.8 Å². The number of likely N-dealkylation sites (N-methyl/N-ethyl adjacent to an activating group) is 1. The molecule has 1 saturated heterocycles. The molecule has 1 rings (SSSR count). The number of nitrogens with one attached hydrogen (secondary N) is 1. The van der Waals surface area contributed by atoms with Crippen LogP contribution in [0.2, 0.25) is 0 Å². The number of rotatable bonds is 8. The van der Waals surface area contributed by atoms with Crippen LogP contribution in [0.1, 0.15) is 19.8 Å². The molecule has 0 aliphatic carbocycles. The molecule has 3 nitrogen and oxygen atoms in total. The first-order valence-electron chi connectivity index (χ1n) is 6.18. The maximum absolute atomic E-state index is 4.99. The van der Waals surface area contributed by atoms with Gasteiger partial charge >= 0.3 is 0 Å². The largest absolute Gasteiger partial charge is 0.383 e. The van der Waals surface area contributed by atoms with Crippen molar-refractivity contribution in [2.45, 2.75) is 24.5 Å². The van der Waals surface area contributed by atoms with E-state index in [1.54, 1.807) is 7.11 Å². The standard InChI is InChI=1S/C12H26N2OS/c1-12(5-4-10-16-12)11-14(2)8-6-13-7-9-15-3/h13H,4-11H2,1-3H3. The summed E-state index contributed by atoms with van der Waals surface area (Å²) in [7, 11) is 3.97. The number of nitrogens with zero attached hydrogens (tertiary/aromatic N) is 1. The molecule has 1 fully saturated rings. The van der Waals surface area contributed by atoms with Gasteiger partial charge < -0.3 is 15.0 Å². The Morgan fingerprint density at radius 2 is 2.25 bits per heavy atom. The van der Waals surface area contributed by atoms with Gasteiger partial charge in [-0.3, -0.25) is 0 Å². The van der Waals surface area contributed by atoms with Crippen molar-refractivity contribution in [3.05, 3.63) is 0 Å². The second-order valence-corrected chi connectivity index (χ2v) is 6.57. The van der Waals surface area contributed by atoms with E-state index in [2.05, 4.69) is 35.9 Å². The summed E-state index contributed by atoms with van der Waals surface area (Å²) in [4.78, 5) is 2.44. The lowest BCUT2D eigenvalue weighted by Gasteiger charge is -2.29. The average molecular weight is 246 g/mol. The van der Waals surface area contributed by atoms with Crippen LogP contribution in [0.15, 0.2) is 0 Å². The lowest BCUT2D eigenvalue weighted by molar-refractivity contribution is 0.197. The van der Waals surface area contributed by atoms with Crippen LogP contribution in [-0.4, -0.2) is 62.3 Å². The van der Waals surface area contributed by atoms with E-state index in [0.717, 1.165) is 26.2 Å². The number of hydrogen-bond donors (Lipinski definition) is 1. The second kappa shape index (κ2) is 7.54. The Bertz CT molecular complexity index is 184. The normalized spacial score (nSPS) is 25.5. The van der Waals surface area contributed by atoms with Gasteiger partial charge in [-0.1, -0.05) is 0 Å². The molecule has 1 unspecified atom stereocenters. The average Bonchev–Trinajstić information content (AvgIpc) is 2.64. The van der Waals surface area contributed by atoms with Crippen LogP contribution < -0.4 is 5.32 Å². The van der Waals surface area contributed by atoms with Gasteiger partial charge in [0, 0.05) is 38.0 Å². The predicted molar refractivity (Wildman–Crippen MR) is 72.3 cm³/mol. The van der Waals surface area contributed by atoms with Crippen LogP contribution in [0.4, 0.5) is 0 Å². The fourth-order valence-corrected chi connectivity index (χ4v) is 3.56. The molecule has 96 valence electrons. The van der Waals surface area contributed by atoms with Gasteiger partial charge in [0.2, 0.25) is 0 Å². The van der Waals surface area contributed by atoms with Crippen LogP contribution in [0.3, 0.4) is 0 Å². The van der Waals surface area contributed by atoms with Crippen LogP contribution in [0.5, 0.6) is 0 Å². The maximum Gasteiger partial charge on any atom is 0.0587 e. The lowest BCUT2D eigenvalue weighted by atomic mass is 10.1. The summed E-state index contributed by atoms with van der Waals surface area (Å²) in [5, 5.41) is 3.38. The van der Waals surface area contributed by atoms with E-state index < -0.39 is 0 Å². The number of hydrogen-bond acceptors (Lipinski definition) is 4. The SMILES string of the molecule is COCCNCCN(C)CC1(C)CCCS1. The second-order valence-electron chi connectivity index (χ2n) is 4.88. The molecule has 4 heteroatoms. The van der Waals surface area contributed by atoms with E-state index in [4.69, 9.17) is 4.74 Å². The van der Waals surface area contributed by atoms with Crippen molar-refractivity contribution in [3.63, 3.8) is 0 Å². The summed E-state index contributed by atoms with van der Waals surface area (Å²) in [6.07, 6.45) is 2.76. The van der Waals surface area contributed by atoms with Crippen molar-refractivity contribution in [3.8, 4) is 0 Å². The molecule has 0 saturated carbocycles. The van der Waals surface area contributed by atoms with E-state index in [1.165, 1.54) is 25.1 Å². The van der Waals surface area contributed by atoms with Gasteiger partial charge in [0.15, 0.2) is 0 Å². The molecule has 0 aromatic heterocycles. The van der Waals surface area contributed by atoms with E-state index in [0.29, 0.717) is 4.75 Å². The van der Waals surface area contributed by atoms with Crippen LogP contribution in [0.25, 0.3) is 0 Å². The van der Waals surface area contributed by atoms with E-state index >= 15 is 0 Å². The molecule has 1 N–H and O–H groups in total.